The largest absolute Gasteiger partial charge is 0.387 e. The summed E-state index contributed by atoms with van der Waals surface area (Å²) in [4.78, 5) is 0. The molecule has 0 bridgehead atoms. The number of hydrogen-bond donors (Lipinski definition) is 1. The second kappa shape index (κ2) is 3.51. The molecule has 1 N–H and O–H groups in total. The van der Waals surface area contributed by atoms with E-state index in [-0.39, 0.29) is 0 Å². The predicted octanol–water partition coefficient (Wildman–Crippen LogP) is 2.79. The molecule has 0 aromatic heterocycles. The monoisotopic (exact) mass is 167 g/mol. The van der Waals surface area contributed by atoms with Crippen molar-refractivity contribution in [1.29, 1.82) is 0 Å². The van der Waals surface area contributed by atoms with Crippen LogP contribution < -0.4 is 5.32 Å². The van der Waals surface area contributed by atoms with Crippen LogP contribution in [0, 0.1) is 17.8 Å². The van der Waals surface area contributed by atoms with E-state index in [9.17, 15) is 0 Å². The maximum atomic E-state index is 3.48. The first-order valence-electron chi connectivity index (χ1n) is 4.96. The lowest BCUT2D eigenvalue weighted by atomic mass is 9.81. The molecule has 2 unspecified atom stereocenters. The first-order chi connectivity index (χ1) is 5.54. The third-order valence-corrected chi connectivity index (χ3v) is 2.85. The zero-order chi connectivity index (χ0) is 9.30. The van der Waals surface area contributed by atoms with Crippen molar-refractivity contribution in [3.05, 3.63) is 11.8 Å². The highest BCUT2D eigenvalue weighted by Crippen LogP contribution is 2.31. The van der Waals surface area contributed by atoms with Gasteiger partial charge in [-0.1, -0.05) is 33.3 Å². The van der Waals surface area contributed by atoms with Gasteiger partial charge in [0.25, 0.3) is 0 Å². The molecule has 0 amide bonds. The van der Waals surface area contributed by atoms with Gasteiger partial charge < -0.3 is 5.32 Å². The predicted molar refractivity (Wildman–Crippen MR) is 53.8 cm³/mol. The molecule has 70 valence electrons. The molecule has 1 aliphatic rings. The Kier molecular flexibility index (Phi) is 2.81. The Hall–Kier alpha value is -0.460. The van der Waals surface area contributed by atoms with E-state index in [1.165, 1.54) is 5.57 Å². The zero-order valence-corrected chi connectivity index (χ0v) is 8.89. The summed E-state index contributed by atoms with van der Waals surface area (Å²) in [5, 5.41) is 3.48. The third kappa shape index (κ3) is 1.65. The first kappa shape index (κ1) is 9.63. The molecular weight excluding hydrogens is 146 g/mol. The molecule has 0 aromatic carbocycles. The average Bonchev–Trinajstić information content (AvgIpc) is 2.30. The van der Waals surface area contributed by atoms with Crippen LogP contribution in [0.5, 0.6) is 0 Å². The fourth-order valence-corrected chi connectivity index (χ4v) is 2.26. The highest BCUT2D eigenvalue weighted by molar-refractivity contribution is 5.15. The van der Waals surface area contributed by atoms with Gasteiger partial charge in [0.15, 0.2) is 0 Å². The van der Waals surface area contributed by atoms with Gasteiger partial charge in [-0.25, -0.2) is 0 Å². The van der Waals surface area contributed by atoms with Crippen molar-refractivity contribution >= 4 is 0 Å². The summed E-state index contributed by atoms with van der Waals surface area (Å²) in [6.45, 7) is 11.4. The minimum atomic E-state index is 0.657. The van der Waals surface area contributed by atoms with Gasteiger partial charge in [0.2, 0.25) is 0 Å². The Bertz CT molecular complexity index is 179. The van der Waals surface area contributed by atoms with E-state index in [1.807, 2.05) is 0 Å². The molecule has 1 heterocycles. The molecule has 0 fully saturated rings. The second-order valence-electron chi connectivity index (χ2n) is 4.59. The Morgan fingerprint density at radius 3 is 2.08 bits per heavy atom. The lowest BCUT2D eigenvalue weighted by molar-refractivity contribution is 0.302. The highest BCUT2D eigenvalue weighted by atomic mass is 14.9. The smallest absolute Gasteiger partial charge is 0.0347 e. The molecule has 0 saturated heterocycles. The average molecular weight is 167 g/mol. The second-order valence-corrected chi connectivity index (χ2v) is 4.59. The van der Waals surface area contributed by atoms with E-state index in [4.69, 9.17) is 0 Å². The van der Waals surface area contributed by atoms with E-state index < -0.39 is 0 Å². The van der Waals surface area contributed by atoms with Crippen molar-refractivity contribution in [2.45, 2.75) is 40.7 Å². The van der Waals surface area contributed by atoms with Crippen molar-refractivity contribution in [3.8, 4) is 0 Å². The summed E-state index contributed by atoms with van der Waals surface area (Å²) in [5.74, 6) is 2.22. The van der Waals surface area contributed by atoms with Gasteiger partial charge in [-0.05, 0) is 25.0 Å². The minimum Gasteiger partial charge on any atom is -0.387 e. The first-order valence-corrected chi connectivity index (χ1v) is 4.96. The Morgan fingerprint density at radius 2 is 1.75 bits per heavy atom. The van der Waals surface area contributed by atoms with Crippen molar-refractivity contribution in [1.82, 2.24) is 5.32 Å². The zero-order valence-electron chi connectivity index (χ0n) is 8.89. The van der Waals surface area contributed by atoms with Crippen LogP contribution in [0.2, 0.25) is 0 Å². The van der Waals surface area contributed by atoms with Crippen LogP contribution in [0.1, 0.15) is 34.6 Å². The van der Waals surface area contributed by atoms with Crippen LogP contribution in [0.15, 0.2) is 11.8 Å². The van der Waals surface area contributed by atoms with Crippen LogP contribution in [0.3, 0.4) is 0 Å². The maximum Gasteiger partial charge on any atom is 0.0347 e. The normalized spacial score (nSPS) is 29.4. The summed E-state index contributed by atoms with van der Waals surface area (Å²) in [5.41, 5.74) is 1.52. The van der Waals surface area contributed by atoms with Crippen molar-refractivity contribution in [2.75, 3.05) is 0 Å². The fourth-order valence-electron chi connectivity index (χ4n) is 2.26. The highest BCUT2D eigenvalue weighted by Gasteiger charge is 2.31. The molecular formula is C11H21N. The molecule has 2 atom stereocenters. The van der Waals surface area contributed by atoms with E-state index in [1.54, 1.807) is 0 Å². The van der Waals surface area contributed by atoms with Gasteiger partial charge in [0.1, 0.15) is 0 Å². The van der Waals surface area contributed by atoms with Crippen molar-refractivity contribution < 1.29 is 0 Å². The summed E-state index contributed by atoms with van der Waals surface area (Å²) >= 11 is 0. The SMILES string of the molecule is CC1=CNC(C(C)C)C1C(C)C. The summed E-state index contributed by atoms with van der Waals surface area (Å²) in [7, 11) is 0. The van der Waals surface area contributed by atoms with Gasteiger partial charge in [0.05, 0.1) is 0 Å². The number of rotatable bonds is 2. The van der Waals surface area contributed by atoms with Crippen LogP contribution in [0.25, 0.3) is 0 Å². The molecule has 1 rings (SSSR count). The quantitative estimate of drug-likeness (QED) is 0.667. The van der Waals surface area contributed by atoms with E-state index in [2.05, 4.69) is 46.1 Å². The summed E-state index contributed by atoms with van der Waals surface area (Å²) < 4.78 is 0. The topological polar surface area (TPSA) is 12.0 Å². The Labute approximate surface area is 76.2 Å². The molecule has 0 spiro atoms. The molecule has 0 saturated carbocycles. The minimum absolute atomic E-state index is 0.657. The van der Waals surface area contributed by atoms with E-state index in [0.717, 1.165) is 17.8 Å². The standard InChI is InChI=1S/C11H21N/c1-7(2)10-9(5)6-12-11(10)8(3)4/h6-8,10-12H,1-5H3. The van der Waals surface area contributed by atoms with Crippen LogP contribution in [0.4, 0.5) is 0 Å². The Morgan fingerprint density at radius 1 is 1.17 bits per heavy atom. The lowest BCUT2D eigenvalue weighted by Crippen LogP contribution is -2.35. The van der Waals surface area contributed by atoms with Crippen LogP contribution in [-0.2, 0) is 0 Å². The molecule has 1 nitrogen and oxygen atoms in total. The van der Waals surface area contributed by atoms with Gasteiger partial charge in [-0.3, -0.25) is 0 Å². The lowest BCUT2D eigenvalue weighted by Gasteiger charge is -2.28. The molecule has 0 aromatic rings. The summed E-state index contributed by atoms with van der Waals surface area (Å²) in [6.07, 6.45) is 2.19. The van der Waals surface area contributed by atoms with Gasteiger partial charge in [0, 0.05) is 12.0 Å². The third-order valence-electron chi connectivity index (χ3n) is 2.85. The number of nitrogens with one attached hydrogen (secondary N) is 1. The number of hydrogen-bond acceptors (Lipinski definition) is 1. The maximum absolute atomic E-state index is 3.48. The molecule has 12 heavy (non-hydrogen) atoms. The molecule has 0 radical (unpaired) electrons. The van der Waals surface area contributed by atoms with E-state index in [0.29, 0.717) is 6.04 Å². The molecule has 1 aliphatic heterocycles. The van der Waals surface area contributed by atoms with Gasteiger partial charge in [-0.2, -0.15) is 0 Å². The fraction of sp³-hybridized carbons (Fsp3) is 0.818. The Balaban J connectivity index is 2.70. The van der Waals surface area contributed by atoms with Crippen molar-refractivity contribution in [3.63, 3.8) is 0 Å². The molecule has 1 heteroatoms. The van der Waals surface area contributed by atoms with E-state index >= 15 is 0 Å². The van der Waals surface area contributed by atoms with Crippen LogP contribution >= 0.6 is 0 Å². The van der Waals surface area contributed by atoms with Gasteiger partial charge >= 0.3 is 0 Å². The van der Waals surface area contributed by atoms with Crippen LogP contribution in [-0.4, -0.2) is 6.04 Å². The van der Waals surface area contributed by atoms with Gasteiger partial charge in [-0.15, -0.1) is 0 Å². The summed E-state index contributed by atoms with van der Waals surface area (Å²) in [6, 6.07) is 0.657. The molecule has 0 aliphatic carbocycles. The van der Waals surface area contributed by atoms with Crippen molar-refractivity contribution in [2.24, 2.45) is 17.8 Å².